The smallest absolute Gasteiger partial charge is 0.0438 e. The summed E-state index contributed by atoms with van der Waals surface area (Å²) in [4.78, 5) is 0. The van der Waals surface area contributed by atoms with Crippen molar-refractivity contribution in [2.75, 3.05) is 24.7 Å². The highest BCUT2D eigenvalue weighted by molar-refractivity contribution is 9.10. The summed E-state index contributed by atoms with van der Waals surface area (Å²) in [5, 5.41) is 12.0. The second-order valence-electron chi connectivity index (χ2n) is 3.49. The zero-order chi connectivity index (χ0) is 11.6. The van der Waals surface area contributed by atoms with Crippen LogP contribution in [0.1, 0.15) is 12.0 Å². The molecule has 0 fully saturated rings. The third-order valence-electron chi connectivity index (χ3n) is 2.11. The Labute approximate surface area is 122 Å². The van der Waals surface area contributed by atoms with Crippen LogP contribution in [0.2, 0.25) is 0 Å². The number of thioether (sulfide) groups is 1. The van der Waals surface area contributed by atoms with E-state index in [1.165, 1.54) is 5.56 Å². The Balaban J connectivity index is 0.00000256. The zero-order valence-corrected chi connectivity index (χ0v) is 12.9. The lowest BCUT2D eigenvalue weighted by molar-refractivity contribution is 0.296. The molecule has 0 saturated carbocycles. The van der Waals surface area contributed by atoms with Crippen LogP contribution in [0.5, 0.6) is 0 Å². The van der Waals surface area contributed by atoms with Crippen LogP contribution in [0.3, 0.4) is 0 Å². The van der Waals surface area contributed by atoms with Gasteiger partial charge in [0.1, 0.15) is 0 Å². The predicted octanol–water partition coefficient (Wildman–Crippen LogP) is 3.08. The zero-order valence-electron chi connectivity index (χ0n) is 9.69. The van der Waals surface area contributed by atoms with Gasteiger partial charge in [-0.05, 0) is 29.9 Å². The number of nitrogens with one attached hydrogen (secondary N) is 1. The molecule has 1 aromatic carbocycles. The molecule has 0 unspecified atom stereocenters. The fourth-order valence-corrected chi connectivity index (χ4v) is 2.34. The van der Waals surface area contributed by atoms with Gasteiger partial charge < -0.3 is 10.4 Å². The molecule has 17 heavy (non-hydrogen) atoms. The molecule has 0 aliphatic heterocycles. The van der Waals surface area contributed by atoms with E-state index in [-0.39, 0.29) is 12.4 Å². The van der Waals surface area contributed by atoms with Gasteiger partial charge in [-0.25, -0.2) is 0 Å². The molecule has 98 valence electrons. The summed E-state index contributed by atoms with van der Waals surface area (Å²) in [5.41, 5.74) is 1.31. The minimum Gasteiger partial charge on any atom is -0.396 e. The van der Waals surface area contributed by atoms with E-state index in [2.05, 4.69) is 45.5 Å². The van der Waals surface area contributed by atoms with E-state index in [0.29, 0.717) is 6.61 Å². The van der Waals surface area contributed by atoms with E-state index in [1.807, 2.05) is 11.8 Å². The first-order chi connectivity index (χ1) is 7.83. The number of rotatable bonds is 8. The largest absolute Gasteiger partial charge is 0.396 e. The quantitative estimate of drug-likeness (QED) is 0.713. The highest BCUT2D eigenvalue weighted by Crippen LogP contribution is 2.10. The Hall–Kier alpha value is 0.260. The first-order valence-electron chi connectivity index (χ1n) is 5.46. The first kappa shape index (κ1) is 17.3. The van der Waals surface area contributed by atoms with E-state index < -0.39 is 0 Å². The predicted molar refractivity (Wildman–Crippen MR) is 82.1 cm³/mol. The molecule has 2 nitrogen and oxygen atoms in total. The second-order valence-corrected chi connectivity index (χ2v) is 5.63. The van der Waals surface area contributed by atoms with Crippen LogP contribution < -0.4 is 5.32 Å². The van der Waals surface area contributed by atoms with E-state index in [1.54, 1.807) is 0 Å². The second kappa shape index (κ2) is 11.4. The van der Waals surface area contributed by atoms with Crippen molar-refractivity contribution in [1.82, 2.24) is 5.32 Å². The van der Waals surface area contributed by atoms with Gasteiger partial charge in [0.25, 0.3) is 0 Å². The van der Waals surface area contributed by atoms with Crippen LogP contribution in [-0.2, 0) is 6.54 Å². The molecular formula is C12H19BrClNOS. The van der Waals surface area contributed by atoms with Gasteiger partial charge in [-0.15, -0.1) is 12.4 Å². The molecule has 0 spiro atoms. The van der Waals surface area contributed by atoms with Crippen LogP contribution in [0.15, 0.2) is 28.7 Å². The van der Waals surface area contributed by atoms with Crippen molar-refractivity contribution in [2.24, 2.45) is 0 Å². The molecule has 0 saturated heterocycles. The van der Waals surface area contributed by atoms with Gasteiger partial charge >= 0.3 is 0 Å². The number of benzene rings is 1. The summed E-state index contributed by atoms with van der Waals surface area (Å²) in [7, 11) is 0. The summed E-state index contributed by atoms with van der Waals surface area (Å²) >= 11 is 5.30. The van der Waals surface area contributed by atoms with Gasteiger partial charge in [0, 0.05) is 29.9 Å². The molecule has 0 aliphatic rings. The van der Waals surface area contributed by atoms with Gasteiger partial charge in [0.2, 0.25) is 0 Å². The van der Waals surface area contributed by atoms with E-state index in [4.69, 9.17) is 5.11 Å². The fraction of sp³-hybridized carbons (Fsp3) is 0.500. The Morgan fingerprint density at radius 1 is 1.18 bits per heavy atom. The molecule has 5 heteroatoms. The molecule has 0 atom stereocenters. The number of halogens is 2. The monoisotopic (exact) mass is 339 g/mol. The average molecular weight is 341 g/mol. The Bertz CT molecular complexity index is 284. The maximum Gasteiger partial charge on any atom is 0.0438 e. The SMILES string of the molecule is Cl.OCCCSCCNCc1ccc(Br)cc1. The normalized spacial score (nSPS) is 10.0. The topological polar surface area (TPSA) is 32.3 Å². The lowest BCUT2D eigenvalue weighted by Crippen LogP contribution is -2.16. The third kappa shape index (κ3) is 8.91. The maximum absolute atomic E-state index is 8.61. The van der Waals surface area contributed by atoms with Crippen LogP contribution >= 0.6 is 40.1 Å². The Morgan fingerprint density at radius 2 is 1.88 bits per heavy atom. The summed E-state index contributed by atoms with van der Waals surface area (Å²) in [6.45, 7) is 2.25. The number of hydrogen-bond acceptors (Lipinski definition) is 3. The van der Waals surface area contributed by atoms with Crippen LogP contribution in [0, 0.1) is 0 Å². The molecule has 0 radical (unpaired) electrons. The summed E-state index contributed by atoms with van der Waals surface area (Å²) in [6, 6.07) is 8.37. The van der Waals surface area contributed by atoms with E-state index >= 15 is 0 Å². The molecule has 1 aromatic rings. The molecule has 0 aromatic heterocycles. The van der Waals surface area contributed by atoms with E-state index in [9.17, 15) is 0 Å². The molecule has 1 rings (SSSR count). The van der Waals surface area contributed by atoms with Crippen molar-refractivity contribution in [1.29, 1.82) is 0 Å². The molecule has 0 amide bonds. The van der Waals surface area contributed by atoms with Crippen molar-refractivity contribution >= 4 is 40.1 Å². The molecule has 0 bridgehead atoms. The summed E-state index contributed by atoms with van der Waals surface area (Å²) < 4.78 is 1.12. The summed E-state index contributed by atoms with van der Waals surface area (Å²) in [5.74, 6) is 2.16. The average Bonchev–Trinajstić information content (AvgIpc) is 2.30. The minimum atomic E-state index is 0. The molecular weight excluding hydrogens is 322 g/mol. The van der Waals surface area contributed by atoms with Gasteiger partial charge in [-0.2, -0.15) is 11.8 Å². The van der Waals surface area contributed by atoms with E-state index in [0.717, 1.165) is 35.5 Å². The van der Waals surface area contributed by atoms with Crippen molar-refractivity contribution in [3.63, 3.8) is 0 Å². The summed E-state index contributed by atoms with van der Waals surface area (Å²) in [6.07, 6.45) is 0.900. The number of aliphatic hydroxyl groups is 1. The standard InChI is InChI=1S/C12H18BrNOS.ClH/c13-12-4-2-11(3-5-12)10-14-6-9-16-8-1-7-15;/h2-5,14-15H,1,6-10H2;1H. The van der Waals surface area contributed by atoms with Gasteiger partial charge in [0.15, 0.2) is 0 Å². The Kier molecular flexibility index (Phi) is 11.5. The maximum atomic E-state index is 8.61. The van der Waals surface area contributed by atoms with Gasteiger partial charge in [0.05, 0.1) is 0 Å². The van der Waals surface area contributed by atoms with Gasteiger partial charge in [-0.1, -0.05) is 28.1 Å². The highest BCUT2D eigenvalue weighted by Gasteiger charge is 1.93. The Morgan fingerprint density at radius 3 is 2.53 bits per heavy atom. The number of aliphatic hydroxyl groups excluding tert-OH is 1. The van der Waals surface area contributed by atoms with Crippen molar-refractivity contribution in [3.8, 4) is 0 Å². The van der Waals surface area contributed by atoms with Gasteiger partial charge in [-0.3, -0.25) is 0 Å². The minimum absolute atomic E-state index is 0. The van der Waals surface area contributed by atoms with Crippen LogP contribution in [0.4, 0.5) is 0 Å². The van der Waals surface area contributed by atoms with Crippen molar-refractivity contribution < 1.29 is 5.11 Å². The molecule has 2 N–H and O–H groups in total. The highest BCUT2D eigenvalue weighted by atomic mass is 79.9. The lowest BCUT2D eigenvalue weighted by atomic mass is 10.2. The fourth-order valence-electron chi connectivity index (χ4n) is 1.25. The van der Waals surface area contributed by atoms with Crippen LogP contribution in [-0.4, -0.2) is 29.8 Å². The number of hydrogen-bond donors (Lipinski definition) is 2. The van der Waals surface area contributed by atoms with Crippen molar-refractivity contribution in [3.05, 3.63) is 34.3 Å². The lowest BCUT2D eigenvalue weighted by Gasteiger charge is -2.04. The first-order valence-corrected chi connectivity index (χ1v) is 7.41. The third-order valence-corrected chi connectivity index (χ3v) is 3.71. The van der Waals surface area contributed by atoms with Crippen LogP contribution in [0.25, 0.3) is 0 Å². The molecule has 0 heterocycles. The van der Waals surface area contributed by atoms with Crippen molar-refractivity contribution in [2.45, 2.75) is 13.0 Å². The molecule has 0 aliphatic carbocycles.